The summed E-state index contributed by atoms with van der Waals surface area (Å²) >= 11 is 0. The highest BCUT2D eigenvalue weighted by Gasteiger charge is 2.35. The largest absolute Gasteiger partial charge is 0.480 e. The van der Waals surface area contributed by atoms with Gasteiger partial charge in [0.25, 0.3) is 0 Å². The Balaban J connectivity index is 3.22. The molecule has 0 unspecified atom stereocenters. The van der Waals surface area contributed by atoms with Crippen molar-refractivity contribution < 1.29 is 17.9 Å². The fraction of sp³-hybridized carbons (Fsp3) is 0.429. The summed E-state index contributed by atoms with van der Waals surface area (Å²) in [4.78, 5) is 6.95. The van der Waals surface area contributed by atoms with E-state index in [4.69, 9.17) is 0 Å². The summed E-state index contributed by atoms with van der Waals surface area (Å²) in [5, 5.41) is 0. The molecule has 0 atom stereocenters. The molecule has 3 nitrogen and oxygen atoms in total. The summed E-state index contributed by atoms with van der Waals surface area (Å²) in [7, 11) is 1.14. The second kappa shape index (κ2) is 3.20. The van der Waals surface area contributed by atoms with Crippen LogP contribution in [0.2, 0.25) is 0 Å². The lowest BCUT2D eigenvalue weighted by Crippen LogP contribution is -2.10. The number of rotatable bonds is 1. The van der Waals surface area contributed by atoms with Crippen LogP contribution in [0.25, 0.3) is 0 Å². The Morgan fingerprint density at radius 2 is 2.00 bits per heavy atom. The number of aryl methyl sites for hydroxylation is 1. The molecule has 1 aromatic heterocycles. The Kier molecular flexibility index (Phi) is 2.40. The van der Waals surface area contributed by atoms with Crippen LogP contribution in [0.3, 0.4) is 0 Å². The second-order valence-electron chi connectivity index (χ2n) is 2.34. The molecule has 0 saturated carbocycles. The van der Waals surface area contributed by atoms with Crippen LogP contribution < -0.4 is 4.74 Å². The maximum atomic E-state index is 12.2. The highest BCUT2D eigenvalue weighted by molar-refractivity contribution is 5.26. The van der Waals surface area contributed by atoms with Gasteiger partial charge in [0.2, 0.25) is 5.88 Å². The summed E-state index contributed by atoms with van der Waals surface area (Å²) in [5.41, 5.74) is -0.958. The number of ether oxygens (including phenoxy) is 1. The first-order chi connectivity index (χ1) is 5.95. The topological polar surface area (TPSA) is 35.0 Å². The van der Waals surface area contributed by atoms with Crippen LogP contribution in [0.4, 0.5) is 13.2 Å². The Morgan fingerprint density at radius 1 is 1.38 bits per heavy atom. The van der Waals surface area contributed by atoms with Crippen LogP contribution >= 0.6 is 0 Å². The van der Waals surface area contributed by atoms with Gasteiger partial charge in [-0.05, 0) is 6.92 Å². The number of methoxy groups -OCH3 is 1. The predicted octanol–water partition coefficient (Wildman–Crippen LogP) is 1.81. The van der Waals surface area contributed by atoms with Crippen LogP contribution in [0.5, 0.6) is 5.88 Å². The number of halogens is 3. The van der Waals surface area contributed by atoms with Crippen molar-refractivity contribution in [3.63, 3.8) is 0 Å². The predicted molar refractivity (Wildman–Crippen MR) is 38.3 cm³/mol. The van der Waals surface area contributed by atoms with E-state index in [1.807, 2.05) is 0 Å². The Labute approximate surface area is 72.6 Å². The number of nitrogens with zero attached hydrogens (tertiary/aromatic N) is 2. The molecule has 0 aromatic carbocycles. The van der Waals surface area contributed by atoms with Gasteiger partial charge in [0.05, 0.1) is 7.11 Å². The quantitative estimate of drug-likeness (QED) is 0.680. The van der Waals surface area contributed by atoms with Crippen molar-refractivity contribution >= 4 is 0 Å². The number of aromatic nitrogens is 2. The van der Waals surface area contributed by atoms with Gasteiger partial charge in [-0.15, -0.1) is 0 Å². The minimum Gasteiger partial charge on any atom is -0.480 e. The zero-order valence-electron chi connectivity index (χ0n) is 7.01. The van der Waals surface area contributed by atoms with E-state index >= 15 is 0 Å². The third-order valence-corrected chi connectivity index (χ3v) is 1.37. The third-order valence-electron chi connectivity index (χ3n) is 1.37. The van der Waals surface area contributed by atoms with E-state index in [1.54, 1.807) is 0 Å². The molecule has 0 aliphatic heterocycles. The summed E-state index contributed by atoms with van der Waals surface area (Å²) < 4.78 is 41.1. The van der Waals surface area contributed by atoms with Crippen LogP contribution in [0.15, 0.2) is 6.20 Å². The molecular formula is C7H7F3N2O. The van der Waals surface area contributed by atoms with Gasteiger partial charge in [-0.1, -0.05) is 0 Å². The van der Waals surface area contributed by atoms with E-state index in [1.165, 1.54) is 6.92 Å². The maximum Gasteiger partial charge on any atom is 0.423 e. The lowest BCUT2D eigenvalue weighted by atomic mass is 10.3. The van der Waals surface area contributed by atoms with E-state index in [0.29, 0.717) is 6.20 Å². The summed E-state index contributed by atoms with van der Waals surface area (Å²) in [6, 6.07) is 0. The van der Waals surface area contributed by atoms with Gasteiger partial charge in [0.15, 0.2) is 0 Å². The molecule has 0 N–H and O–H groups in total. The fourth-order valence-corrected chi connectivity index (χ4v) is 0.799. The Bertz CT molecular complexity index is 311. The molecule has 1 rings (SSSR count). The molecule has 0 aliphatic rings. The fourth-order valence-electron chi connectivity index (χ4n) is 0.799. The van der Waals surface area contributed by atoms with Crippen molar-refractivity contribution in [1.29, 1.82) is 0 Å². The standard InChI is InChI=1S/C7H7F3N2O/c1-4-11-3-5(7(8,9)10)6(12-4)13-2/h3H,1-2H3. The van der Waals surface area contributed by atoms with Crippen LogP contribution in [0.1, 0.15) is 11.4 Å². The van der Waals surface area contributed by atoms with E-state index < -0.39 is 17.6 Å². The number of alkyl halides is 3. The molecule has 0 amide bonds. The molecule has 0 spiro atoms. The third kappa shape index (κ3) is 2.07. The number of hydrogen-bond donors (Lipinski definition) is 0. The lowest BCUT2D eigenvalue weighted by Gasteiger charge is -2.09. The first-order valence-electron chi connectivity index (χ1n) is 3.40. The Morgan fingerprint density at radius 3 is 2.46 bits per heavy atom. The van der Waals surface area contributed by atoms with Gasteiger partial charge in [-0.2, -0.15) is 18.2 Å². The van der Waals surface area contributed by atoms with Crippen molar-refractivity contribution in [3.8, 4) is 5.88 Å². The van der Waals surface area contributed by atoms with Gasteiger partial charge in [-0.25, -0.2) is 4.98 Å². The van der Waals surface area contributed by atoms with Gasteiger partial charge >= 0.3 is 6.18 Å². The van der Waals surface area contributed by atoms with Crippen molar-refractivity contribution in [2.75, 3.05) is 7.11 Å². The van der Waals surface area contributed by atoms with Crippen molar-refractivity contribution in [2.24, 2.45) is 0 Å². The molecule has 0 fully saturated rings. The van der Waals surface area contributed by atoms with Crippen molar-refractivity contribution in [3.05, 3.63) is 17.6 Å². The van der Waals surface area contributed by atoms with E-state index in [2.05, 4.69) is 14.7 Å². The average Bonchev–Trinajstić information content (AvgIpc) is 2.01. The normalized spacial score (nSPS) is 11.5. The molecule has 0 saturated heterocycles. The second-order valence-corrected chi connectivity index (χ2v) is 2.34. The average molecular weight is 192 g/mol. The van der Waals surface area contributed by atoms with Crippen LogP contribution in [-0.2, 0) is 6.18 Å². The van der Waals surface area contributed by atoms with Gasteiger partial charge in [0, 0.05) is 6.20 Å². The van der Waals surface area contributed by atoms with E-state index in [-0.39, 0.29) is 5.82 Å². The molecule has 1 aromatic rings. The number of hydrogen-bond acceptors (Lipinski definition) is 3. The molecule has 1 heterocycles. The smallest absolute Gasteiger partial charge is 0.423 e. The first kappa shape index (κ1) is 9.76. The van der Waals surface area contributed by atoms with Gasteiger partial charge in [-0.3, -0.25) is 0 Å². The minimum absolute atomic E-state index is 0.241. The summed E-state index contributed by atoms with van der Waals surface area (Å²) in [5.74, 6) is -0.204. The zero-order chi connectivity index (χ0) is 10.1. The Hall–Kier alpha value is -1.33. The van der Waals surface area contributed by atoms with E-state index in [9.17, 15) is 13.2 Å². The maximum absolute atomic E-state index is 12.2. The highest BCUT2D eigenvalue weighted by atomic mass is 19.4. The molecule has 13 heavy (non-hydrogen) atoms. The van der Waals surface area contributed by atoms with Crippen molar-refractivity contribution in [2.45, 2.75) is 13.1 Å². The summed E-state index contributed by atoms with van der Waals surface area (Å²) in [6.07, 6.45) is -3.76. The van der Waals surface area contributed by atoms with Crippen LogP contribution in [0, 0.1) is 6.92 Å². The van der Waals surface area contributed by atoms with Gasteiger partial charge in [0.1, 0.15) is 11.4 Å². The molecular weight excluding hydrogens is 185 g/mol. The molecule has 0 bridgehead atoms. The molecule has 0 radical (unpaired) electrons. The molecule has 72 valence electrons. The monoisotopic (exact) mass is 192 g/mol. The molecule has 6 heteroatoms. The minimum atomic E-state index is -4.47. The van der Waals surface area contributed by atoms with Crippen LogP contribution in [-0.4, -0.2) is 17.1 Å². The summed E-state index contributed by atoms with van der Waals surface area (Å²) in [6.45, 7) is 1.49. The van der Waals surface area contributed by atoms with E-state index in [0.717, 1.165) is 7.11 Å². The molecule has 0 aliphatic carbocycles. The lowest BCUT2D eigenvalue weighted by molar-refractivity contribution is -0.139. The SMILES string of the molecule is COc1nc(C)ncc1C(F)(F)F. The highest BCUT2D eigenvalue weighted by Crippen LogP contribution is 2.34. The first-order valence-corrected chi connectivity index (χ1v) is 3.40. The zero-order valence-corrected chi connectivity index (χ0v) is 7.01. The van der Waals surface area contributed by atoms with Gasteiger partial charge < -0.3 is 4.74 Å². The van der Waals surface area contributed by atoms with Crippen molar-refractivity contribution in [1.82, 2.24) is 9.97 Å².